The number of carbonyl (C=O) groups excluding carboxylic acids is 1. The number of nitrogens with zero attached hydrogens (tertiary/aromatic N) is 3. The number of anilines is 1. The first-order valence-electron chi connectivity index (χ1n) is 9.36. The monoisotopic (exact) mass is 434 g/mol. The number of amides is 1. The summed E-state index contributed by atoms with van der Waals surface area (Å²) in [5.74, 6) is 0.177. The molecule has 3 fully saturated rings. The first-order valence-corrected chi connectivity index (χ1v) is 11.2. The molecule has 0 aliphatic carbocycles. The van der Waals surface area contributed by atoms with Crippen LogP contribution in [0.4, 0.5) is 19.0 Å². The Balaban J connectivity index is 1.33. The third kappa shape index (κ3) is 4.47. The number of aromatic nitrogens is 2. The maximum absolute atomic E-state index is 12.9. The van der Waals surface area contributed by atoms with Gasteiger partial charge in [-0.2, -0.15) is 13.2 Å². The van der Waals surface area contributed by atoms with Crippen LogP contribution in [0.25, 0.3) is 0 Å². The standard InChI is InChI=1S/C17H21F3N4O4S/c18-17(19,20)14-4-15(22-9-21-14)24-2-1-12-10(5-24)6-28-13(12)3-16(25)23-11-7-29(26,27)8-11/h4,9-13H,1-3,5-8H2,(H,23,25)/t10-,12-,13+/m1/s1. The van der Waals surface area contributed by atoms with E-state index in [1.807, 2.05) is 0 Å². The van der Waals surface area contributed by atoms with Gasteiger partial charge in [0.15, 0.2) is 9.84 Å². The van der Waals surface area contributed by atoms with Gasteiger partial charge in [-0.3, -0.25) is 4.79 Å². The summed E-state index contributed by atoms with van der Waals surface area (Å²) in [6.07, 6.45) is -3.04. The highest BCUT2D eigenvalue weighted by Gasteiger charge is 2.43. The van der Waals surface area contributed by atoms with Gasteiger partial charge in [0.25, 0.3) is 0 Å². The minimum absolute atomic E-state index is 0.0237. The summed E-state index contributed by atoms with van der Waals surface area (Å²) in [6, 6.07) is 0.625. The third-order valence-corrected chi connectivity index (χ3v) is 7.54. The molecule has 12 heteroatoms. The van der Waals surface area contributed by atoms with E-state index in [0.29, 0.717) is 26.1 Å². The highest BCUT2D eigenvalue weighted by atomic mass is 32.2. The van der Waals surface area contributed by atoms with Crippen LogP contribution in [0.15, 0.2) is 12.4 Å². The molecule has 1 aromatic rings. The van der Waals surface area contributed by atoms with Gasteiger partial charge in [-0.05, 0) is 12.3 Å². The van der Waals surface area contributed by atoms with Gasteiger partial charge < -0.3 is 15.0 Å². The van der Waals surface area contributed by atoms with E-state index in [0.717, 1.165) is 12.4 Å². The molecule has 1 aromatic heterocycles. The van der Waals surface area contributed by atoms with E-state index in [2.05, 4.69) is 15.3 Å². The second-order valence-electron chi connectivity index (χ2n) is 7.84. The van der Waals surface area contributed by atoms with E-state index in [1.165, 1.54) is 0 Å². The molecule has 1 amide bonds. The SMILES string of the molecule is O=C(C[C@@H]1OC[C@H]2CN(c3cc(C(F)(F)F)ncn3)CC[C@H]21)NC1CS(=O)(=O)C1. The average Bonchev–Trinajstić information content (AvgIpc) is 3.01. The molecule has 0 aromatic carbocycles. The fourth-order valence-electron chi connectivity index (χ4n) is 4.30. The molecule has 3 aliphatic heterocycles. The predicted octanol–water partition coefficient (Wildman–Crippen LogP) is 0.640. The van der Waals surface area contributed by atoms with Crippen LogP contribution in [-0.4, -0.2) is 67.6 Å². The number of alkyl halides is 3. The topological polar surface area (TPSA) is 101 Å². The lowest BCUT2D eigenvalue weighted by Crippen LogP contribution is -2.53. The lowest BCUT2D eigenvalue weighted by atomic mass is 9.83. The van der Waals surface area contributed by atoms with Crippen LogP contribution < -0.4 is 10.2 Å². The van der Waals surface area contributed by atoms with Crippen molar-refractivity contribution in [1.29, 1.82) is 0 Å². The molecule has 0 unspecified atom stereocenters. The van der Waals surface area contributed by atoms with E-state index in [9.17, 15) is 26.4 Å². The molecule has 3 aliphatic rings. The Hall–Kier alpha value is -1.95. The molecule has 3 saturated heterocycles. The number of sulfone groups is 1. The van der Waals surface area contributed by atoms with Crippen LogP contribution in [0.3, 0.4) is 0 Å². The molecular formula is C17H21F3N4O4S. The van der Waals surface area contributed by atoms with Crippen molar-refractivity contribution in [1.82, 2.24) is 15.3 Å². The van der Waals surface area contributed by atoms with Crippen LogP contribution in [-0.2, 0) is 25.5 Å². The number of nitrogens with one attached hydrogen (secondary N) is 1. The maximum Gasteiger partial charge on any atom is 0.433 e. The van der Waals surface area contributed by atoms with Crippen LogP contribution in [0.5, 0.6) is 0 Å². The van der Waals surface area contributed by atoms with Gasteiger partial charge in [0.2, 0.25) is 5.91 Å². The molecule has 160 valence electrons. The molecule has 0 radical (unpaired) electrons. The summed E-state index contributed by atoms with van der Waals surface area (Å²) in [4.78, 5) is 21.3. The highest BCUT2D eigenvalue weighted by molar-refractivity contribution is 7.92. The van der Waals surface area contributed by atoms with Gasteiger partial charge in [0, 0.05) is 25.1 Å². The highest BCUT2D eigenvalue weighted by Crippen LogP contribution is 2.37. The zero-order valence-electron chi connectivity index (χ0n) is 15.4. The fourth-order valence-corrected chi connectivity index (χ4v) is 5.59. The number of hydrogen-bond acceptors (Lipinski definition) is 7. The normalized spacial score (nSPS) is 29.2. The number of carbonyl (C=O) groups is 1. The maximum atomic E-state index is 12.9. The van der Waals surface area contributed by atoms with Crippen molar-refractivity contribution in [3.05, 3.63) is 18.1 Å². The van der Waals surface area contributed by atoms with Gasteiger partial charge in [0.05, 0.1) is 36.7 Å². The van der Waals surface area contributed by atoms with E-state index in [-0.39, 0.29) is 53.6 Å². The quantitative estimate of drug-likeness (QED) is 0.742. The predicted molar refractivity (Wildman–Crippen MR) is 95.8 cm³/mol. The number of rotatable bonds is 4. The van der Waals surface area contributed by atoms with E-state index in [4.69, 9.17) is 4.74 Å². The first-order chi connectivity index (χ1) is 13.6. The van der Waals surface area contributed by atoms with Crippen molar-refractivity contribution >= 4 is 21.6 Å². The Morgan fingerprint density at radius 3 is 2.76 bits per heavy atom. The number of halogens is 3. The van der Waals surface area contributed by atoms with Crippen molar-refractivity contribution in [2.45, 2.75) is 31.2 Å². The Bertz CT molecular complexity index is 883. The molecule has 0 saturated carbocycles. The molecule has 29 heavy (non-hydrogen) atoms. The summed E-state index contributed by atoms with van der Waals surface area (Å²) in [7, 11) is -3.00. The summed E-state index contributed by atoms with van der Waals surface area (Å²) in [6.45, 7) is 1.43. The lowest BCUT2D eigenvalue weighted by Gasteiger charge is -2.36. The zero-order chi connectivity index (χ0) is 20.8. The Morgan fingerprint density at radius 2 is 2.07 bits per heavy atom. The average molecular weight is 434 g/mol. The lowest BCUT2D eigenvalue weighted by molar-refractivity contribution is -0.141. The van der Waals surface area contributed by atoms with Crippen molar-refractivity contribution in [3.8, 4) is 0 Å². The number of ether oxygens (including phenoxy) is 1. The second kappa shape index (κ2) is 7.38. The van der Waals surface area contributed by atoms with E-state index >= 15 is 0 Å². The van der Waals surface area contributed by atoms with Gasteiger partial charge in [-0.1, -0.05) is 0 Å². The second-order valence-corrected chi connectivity index (χ2v) is 9.99. The minimum Gasteiger partial charge on any atom is -0.377 e. The number of piperidine rings is 1. The Kier molecular flexibility index (Phi) is 5.18. The summed E-state index contributed by atoms with van der Waals surface area (Å²) >= 11 is 0. The smallest absolute Gasteiger partial charge is 0.377 e. The molecule has 4 rings (SSSR count). The van der Waals surface area contributed by atoms with Gasteiger partial charge in [0.1, 0.15) is 17.8 Å². The first kappa shape index (κ1) is 20.3. The Morgan fingerprint density at radius 1 is 1.31 bits per heavy atom. The van der Waals surface area contributed by atoms with Crippen LogP contribution in [0.2, 0.25) is 0 Å². The Labute approximate surface area is 165 Å². The van der Waals surface area contributed by atoms with Gasteiger partial charge in [-0.25, -0.2) is 18.4 Å². The van der Waals surface area contributed by atoms with Crippen molar-refractivity contribution < 1.29 is 31.1 Å². The number of hydrogen-bond donors (Lipinski definition) is 1. The van der Waals surface area contributed by atoms with Crippen LogP contribution in [0, 0.1) is 11.8 Å². The van der Waals surface area contributed by atoms with Crippen molar-refractivity contribution in [2.24, 2.45) is 11.8 Å². The van der Waals surface area contributed by atoms with Gasteiger partial charge in [-0.15, -0.1) is 0 Å². The summed E-state index contributed by atoms with van der Waals surface area (Å²) < 4.78 is 66.8. The van der Waals surface area contributed by atoms with Crippen molar-refractivity contribution in [2.75, 3.05) is 36.1 Å². The molecular weight excluding hydrogens is 413 g/mol. The van der Waals surface area contributed by atoms with E-state index in [1.54, 1.807) is 4.90 Å². The van der Waals surface area contributed by atoms with Crippen LogP contribution >= 0.6 is 0 Å². The molecule has 0 bridgehead atoms. The summed E-state index contributed by atoms with van der Waals surface area (Å²) in [5.41, 5.74) is -0.972. The van der Waals surface area contributed by atoms with E-state index < -0.39 is 21.7 Å². The molecule has 3 atom stereocenters. The molecule has 8 nitrogen and oxygen atoms in total. The third-order valence-electron chi connectivity index (χ3n) is 5.72. The summed E-state index contributed by atoms with van der Waals surface area (Å²) in [5, 5.41) is 2.72. The minimum atomic E-state index is -4.52. The molecule has 4 heterocycles. The fraction of sp³-hybridized carbons (Fsp3) is 0.706. The zero-order valence-corrected chi connectivity index (χ0v) is 16.2. The van der Waals surface area contributed by atoms with Gasteiger partial charge >= 0.3 is 6.18 Å². The largest absolute Gasteiger partial charge is 0.433 e. The van der Waals surface area contributed by atoms with Crippen molar-refractivity contribution in [3.63, 3.8) is 0 Å². The number of fused-ring (bicyclic) bond motifs is 1. The van der Waals surface area contributed by atoms with Crippen LogP contribution in [0.1, 0.15) is 18.5 Å². The molecule has 1 N–H and O–H groups in total. The molecule has 0 spiro atoms.